The molecule has 0 aliphatic rings. The Bertz CT molecular complexity index is 1030. The van der Waals surface area contributed by atoms with Gasteiger partial charge < -0.3 is 4.57 Å². The second-order valence-corrected chi connectivity index (χ2v) is 8.14. The van der Waals surface area contributed by atoms with E-state index in [2.05, 4.69) is 52.0 Å². The van der Waals surface area contributed by atoms with E-state index >= 15 is 0 Å². The zero-order chi connectivity index (χ0) is 17.9. The standard InChI is InChI=1S/C21H16Cl2N2S/c22-19-8-7-18(12-20(19)23)26-21(13-25-10-9-24-14-25)17-6-5-15-3-1-2-4-16(15)11-17/h1-12,14,21H,13H2. The minimum atomic E-state index is 0.228. The van der Waals surface area contributed by atoms with Gasteiger partial charge in [-0.15, -0.1) is 11.8 Å². The van der Waals surface area contributed by atoms with E-state index in [0.29, 0.717) is 10.0 Å². The third-order valence-corrected chi connectivity index (χ3v) is 6.22. The first-order valence-electron chi connectivity index (χ1n) is 8.25. The van der Waals surface area contributed by atoms with Crippen LogP contribution in [0.15, 0.2) is 84.3 Å². The lowest BCUT2D eigenvalue weighted by molar-refractivity contribution is 0.684. The molecule has 130 valence electrons. The molecule has 0 spiro atoms. The fourth-order valence-electron chi connectivity index (χ4n) is 2.92. The number of hydrogen-bond acceptors (Lipinski definition) is 2. The fourth-order valence-corrected chi connectivity index (χ4v) is 4.47. The van der Waals surface area contributed by atoms with Crippen LogP contribution in [-0.2, 0) is 6.54 Å². The van der Waals surface area contributed by atoms with Gasteiger partial charge in [0.15, 0.2) is 0 Å². The second kappa shape index (κ2) is 7.75. The van der Waals surface area contributed by atoms with Gasteiger partial charge in [0.05, 0.1) is 21.6 Å². The normalized spacial score (nSPS) is 12.4. The van der Waals surface area contributed by atoms with Crippen LogP contribution in [0.5, 0.6) is 0 Å². The fraction of sp³-hybridized carbons (Fsp3) is 0.0952. The molecule has 5 heteroatoms. The number of hydrogen-bond donors (Lipinski definition) is 0. The average Bonchev–Trinajstić information content (AvgIpc) is 3.17. The van der Waals surface area contributed by atoms with Crippen LogP contribution in [0.4, 0.5) is 0 Å². The first-order chi connectivity index (χ1) is 12.7. The van der Waals surface area contributed by atoms with Crippen LogP contribution in [0.25, 0.3) is 10.8 Å². The molecule has 26 heavy (non-hydrogen) atoms. The van der Waals surface area contributed by atoms with Gasteiger partial charge in [-0.3, -0.25) is 0 Å². The van der Waals surface area contributed by atoms with Gasteiger partial charge in [0.25, 0.3) is 0 Å². The lowest BCUT2D eigenvalue weighted by Gasteiger charge is -2.19. The van der Waals surface area contributed by atoms with Crippen molar-refractivity contribution >= 4 is 45.7 Å². The Labute approximate surface area is 166 Å². The predicted molar refractivity (Wildman–Crippen MR) is 111 cm³/mol. The number of fused-ring (bicyclic) bond motifs is 1. The van der Waals surface area contributed by atoms with Crippen molar-refractivity contribution in [1.82, 2.24) is 9.55 Å². The summed E-state index contributed by atoms with van der Waals surface area (Å²) in [6, 6.07) is 20.9. The monoisotopic (exact) mass is 398 g/mol. The Morgan fingerprint density at radius 1 is 0.923 bits per heavy atom. The van der Waals surface area contributed by atoms with Crippen molar-refractivity contribution in [2.75, 3.05) is 0 Å². The van der Waals surface area contributed by atoms with Crippen LogP contribution in [-0.4, -0.2) is 9.55 Å². The van der Waals surface area contributed by atoms with E-state index in [1.54, 1.807) is 18.0 Å². The Kier molecular flexibility index (Phi) is 5.21. The van der Waals surface area contributed by atoms with Gasteiger partial charge in [0.1, 0.15) is 0 Å². The molecule has 2 nitrogen and oxygen atoms in total. The van der Waals surface area contributed by atoms with Crippen LogP contribution < -0.4 is 0 Å². The van der Waals surface area contributed by atoms with Crippen LogP contribution in [0.1, 0.15) is 10.8 Å². The lowest BCUT2D eigenvalue weighted by atomic mass is 10.0. The molecule has 1 atom stereocenters. The Morgan fingerprint density at radius 3 is 2.54 bits per heavy atom. The minimum absolute atomic E-state index is 0.228. The van der Waals surface area contributed by atoms with E-state index in [9.17, 15) is 0 Å². The molecule has 0 aliphatic carbocycles. The molecule has 1 unspecified atom stereocenters. The molecule has 0 aliphatic heterocycles. The molecule has 0 fully saturated rings. The first-order valence-corrected chi connectivity index (χ1v) is 9.89. The molecular weight excluding hydrogens is 383 g/mol. The molecule has 0 amide bonds. The van der Waals surface area contributed by atoms with Crippen LogP contribution >= 0.6 is 35.0 Å². The number of benzene rings is 3. The molecule has 1 aromatic heterocycles. The van der Waals surface area contributed by atoms with E-state index in [-0.39, 0.29) is 5.25 Å². The summed E-state index contributed by atoms with van der Waals surface area (Å²) < 4.78 is 2.10. The smallest absolute Gasteiger partial charge is 0.0946 e. The zero-order valence-corrected chi connectivity index (χ0v) is 16.2. The maximum Gasteiger partial charge on any atom is 0.0946 e. The van der Waals surface area contributed by atoms with Gasteiger partial charge in [-0.2, -0.15) is 0 Å². The topological polar surface area (TPSA) is 17.8 Å². The summed E-state index contributed by atoms with van der Waals surface area (Å²) in [6.07, 6.45) is 5.65. The average molecular weight is 399 g/mol. The van der Waals surface area contributed by atoms with Crippen molar-refractivity contribution < 1.29 is 0 Å². The molecule has 3 aromatic carbocycles. The van der Waals surface area contributed by atoms with Crippen molar-refractivity contribution in [3.8, 4) is 0 Å². The molecule has 0 radical (unpaired) electrons. The lowest BCUT2D eigenvalue weighted by Crippen LogP contribution is -2.05. The van der Waals surface area contributed by atoms with E-state index in [1.807, 2.05) is 30.7 Å². The van der Waals surface area contributed by atoms with Crippen molar-refractivity contribution in [3.63, 3.8) is 0 Å². The summed E-state index contributed by atoms with van der Waals surface area (Å²) in [5.74, 6) is 0. The molecular formula is C21H16Cl2N2S. The largest absolute Gasteiger partial charge is 0.336 e. The second-order valence-electron chi connectivity index (χ2n) is 6.05. The molecule has 0 bridgehead atoms. The number of nitrogens with zero attached hydrogens (tertiary/aromatic N) is 2. The molecule has 0 saturated carbocycles. The van der Waals surface area contributed by atoms with E-state index in [0.717, 1.165) is 11.4 Å². The third kappa shape index (κ3) is 3.90. The summed E-state index contributed by atoms with van der Waals surface area (Å²) in [4.78, 5) is 5.26. The highest BCUT2D eigenvalue weighted by molar-refractivity contribution is 7.99. The summed E-state index contributed by atoms with van der Waals surface area (Å²) in [5, 5.41) is 3.88. The summed E-state index contributed by atoms with van der Waals surface area (Å²) in [7, 11) is 0. The number of halogens is 2. The van der Waals surface area contributed by atoms with Crippen molar-refractivity contribution in [2.45, 2.75) is 16.7 Å². The maximum atomic E-state index is 6.20. The first kappa shape index (κ1) is 17.5. The Hall–Kier alpha value is -1.94. The SMILES string of the molecule is Clc1ccc(SC(Cn2ccnc2)c2ccc3ccccc3c2)cc1Cl. The predicted octanol–water partition coefficient (Wildman–Crippen LogP) is 6.88. The highest BCUT2D eigenvalue weighted by atomic mass is 35.5. The van der Waals surface area contributed by atoms with E-state index in [1.165, 1.54) is 16.3 Å². The minimum Gasteiger partial charge on any atom is -0.336 e. The van der Waals surface area contributed by atoms with Crippen molar-refractivity contribution in [1.29, 1.82) is 0 Å². The number of imidazole rings is 1. The van der Waals surface area contributed by atoms with Crippen molar-refractivity contribution in [3.05, 3.63) is 95.0 Å². The highest BCUT2D eigenvalue weighted by Gasteiger charge is 2.15. The van der Waals surface area contributed by atoms with E-state index in [4.69, 9.17) is 23.2 Å². The van der Waals surface area contributed by atoms with Gasteiger partial charge in [-0.25, -0.2) is 4.98 Å². The maximum absolute atomic E-state index is 6.20. The number of thioether (sulfide) groups is 1. The van der Waals surface area contributed by atoms with Gasteiger partial charge in [-0.1, -0.05) is 59.6 Å². The van der Waals surface area contributed by atoms with Gasteiger partial charge in [-0.05, 0) is 40.6 Å². The zero-order valence-electron chi connectivity index (χ0n) is 13.8. The summed E-state index contributed by atoms with van der Waals surface area (Å²) >= 11 is 14.0. The Balaban J connectivity index is 1.69. The molecule has 4 rings (SSSR count). The summed E-state index contributed by atoms with van der Waals surface area (Å²) in [6.45, 7) is 0.823. The number of rotatable bonds is 5. The molecule has 1 heterocycles. The van der Waals surface area contributed by atoms with Gasteiger partial charge in [0, 0.05) is 23.8 Å². The quantitative estimate of drug-likeness (QED) is 0.341. The highest BCUT2D eigenvalue weighted by Crippen LogP contribution is 2.39. The van der Waals surface area contributed by atoms with Crippen LogP contribution in [0.3, 0.4) is 0 Å². The van der Waals surface area contributed by atoms with Gasteiger partial charge >= 0.3 is 0 Å². The summed E-state index contributed by atoms with van der Waals surface area (Å²) in [5.41, 5.74) is 1.27. The van der Waals surface area contributed by atoms with E-state index < -0.39 is 0 Å². The van der Waals surface area contributed by atoms with Crippen molar-refractivity contribution in [2.24, 2.45) is 0 Å². The molecule has 4 aromatic rings. The van der Waals surface area contributed by atoms with Crippen LogP contribution in [0, 0.1) is 0 Å². The third-order valence-electron chi connectivity index (χ3n) is 4.25. The Morgan fingerprint density at radius 2 is 1.77 bits per heavy atom. The molecule has 0 saturated heterocycles. The molecule has 0 N–H and O–H groups in total. The van der Waals surface area contributed by atoms with Gasteiger partial charge in [0.2, 0.25) is 0 Å². The number of aromatic nitrogens is 2. The van der Waals surface area contributed by atoms with Crippen LogP contribution in [0.2, 0.25) is 10.0 Å².